The Morgan fingerprint density at radius 1 is 1.54 bits per heavy atom. The van der Waals surface area contributed by atoms with Crippen molar-refractivity contribution in [1.82, 2.24) is 0 Å². The summed E-state index contributed by atoms with van der Waals surface area (Å²) in [5, 5.41) is 19.2. The fraction of sp³-hybridized carbons (Fsp3) is 0.700. The molecular weight excluding hydrogens is 168 g/mol. The maximum absolute atomic E-state index is 11.3. The lowest BCUT2D eigenvalue weighted by Gasteiger charge is -2.30. The Morgan fingerprint density at radius 2 is 2.08 bits per heavy atom. The zero-order valence-electron chi connectivity index (χ0n) is 8.29. The van der Waals surface area contributed by atoms with Crippen molar-refractivity contribution >= 4 is 5.78 Å². The zero-order valence-corrected chi connectivity index (χ0v) is 8.29. The molecule has 0 unspecified atom stereocenters. The highest BCUT2D eigenvalue weighted by Crippen LogP contribution is 2.30. The number of hydrogen-bond acceptors (Lipinski definition) is 3. The first-order valence-electron chi connectivity index (χ1n) is 4.44. The summed E-state index contributed by atoms with van der Waals surface area (Å²) in [5.41, 5.74) is -1.50. The molecule has 2 N–H and O–H groups in total. The highest BCUT2D eigenvalue weighted by molar-refractivity contribution is 5.98. The molecule has 0 radical (unpaired) electrons. The number of rotatable bonds is 1. The van der Waals surface area contributed by atoms with Gasteiger partial charge in [0.05, 0.1) is 5.60 Å². The molecule has 13 heavy (non-hydrogen) atoms. The van der Waals surface area contributed by atoms with Crippen LogP contribution in [0, 0.1) is 0 Å². The second-order valence-corrected chi connectivity index (χ2v) is 4.37. The number of carbonyl (C=O) groups is 1. The highest BCUT2D eigenvalue weighted by atomic mass is 16.3. The van der Waals surface area contributed by atoms with E-state index >= 15 is 0 Å². The lowest BCUT2D eigenvalue weighted by molar-refractivity contribution is -0.132. The van der Waals surface area contributed by atoms with Crippen molar-refractivity contribution in [3.63, 3.8) is 0 Å². The van der Waals surface area contributed by atoms with E-state index in [4.69, 9.17) is 0 Å². The van der Waals surface area contributed by atoms with Crippen LogP contribution >= 0.6 is 0 Å². The number of hydrogen-bond donors (Lipinski definition) is 2. The van der Waals surface area contributed by atoms with Crippen molar-refractivity contribution in [2.45, 2.75) is 44.8 Å². The molecule has 0 saturated heterocycles. The van der Waals surface area contributed by atoms with E-state index in [0.29, 0.717) is 18.4 Å². The summed E-state index contributed by atoms with van der Waals surface area (Å²) < 4.78 is 0. The van der Waals surface area contributed by atoms with Crippen LogP contribution in [0.5, 0.6) is 0 Å². The van der Waals surface area contributed by atoms with Crippen molar-refractivity contribution in [2.75, 3.05) is 0 Å². The molecule has 0 amide bonds. The number of ketones is 1. The van der Waals surface area contributed by atoms with Crippen molar-refractivity contribution in [3.8, 4) is 0 Å². The summed E-state index contributed by atoms with van der Waals surface area (Å²) in [6.07, 6.45) is 2.33. The molecule has 0 aromatic rings. The van der Waals surface area contributed by atoms with Crippen molar-refractivity contribution in [1.29, 1.82) is 0 Å². The van der Waals surface area contributed by atoms with E-state index in [1.165, 1.54) is 13.0 Å². The summed E-state index contributed by atoms with van der Waals surface area (Å²) in [5.74, 6) is -0.309. The maximum Gasteiger partial charge on any atom is 0.186 e. The van der Waals surface area contributed by atoms with E-state index in [0.717, 1.165) is 0 Å². The molecule has 0 fully saturated rings. The van der Waals surface area contributed by atoms with Gasteiger partial charge in [0.25, 0.3) is 0 Å². The third-order valence-electron chi connectivity index (χ3n) is 2.50. The Morgan fingerprint density at radius 3 is 2.46 bits per heavy atom. The van der Waals surface area contributed by atoms with E-state index in [1.54, 1.807) is 13.8 Å². The van der Waals surface area contributed by atoms with Crippen LogP contribution in [0.4, 0.5) is 0 Å². The number of aliphatic hydroxyl groups is 2. The molecular formula is C10H16O3. The Balaban J connectivity index is 2.92. The lowest BCUT2D eigenvalue weighted by Crippen LogP contribution is -2.39. The summed E-state index contributed by atoms with van der Waals surface area (Å²) >= 11 is 0. The molecule has 0 saturated carbocycles. The average Bonchev–Trinajstić information content (AvgIpc) is 1.92. The van der Waals surface area contributed by atoms with Crippen LogP contribution in [-0.2, 0) is 4.79 Å². The van der Waals surface area contributed by atoms with E-state index in [-0.39, 0.29) is 5.78 Å². The van der Waals surface area contributed by atoms with Crippen molar-refractivity contribution in [2.24, 2.45) is 0 Å². The summed E-state index contributed by atoms with van der Waals surface area (Å²) in [6, 6.07) is 0. The van der Waals surface area contributed by atoms with Gasteiger partial charge in [0.1, 0.15) is 5.60 Å². The molecule has 0 bridgehead atoms. The van der Waals surface area contributed by atoms with Crippen LogP contribution in [-0.4, -0.2) is 27.2 Å². The van der Waals surface area contributed by atoms with Crippen LogP contribution in [0.15, 0.2) is 11.6 Å². The second kappa shape index (κ2) is 2.93. The highest BCUT2D eigenvalue weighted by Gasteiger charge is 2.35. The van der Waals surface area contributed by atoms with Gasteiger partial charge in [-0.05, 0) is 45.3 Å². The van der Waals surface area contributed by atoms with Crippen LogP contribution in [0.25, 0.3) is 0 Å². The minimum Gasteiger partial charge on any atom is -0.386 e. The standard InChI is InChI=1S/C10H16O3/c1-9(2,12)7-4-5-10(3,13)8(11)6-7/h6,12-13H,4-5H2,1-3H3/t10-/m1/s1. The minimum absolute atomic E-state index is 0.309. The zero-order chi connectivity index (χ0) is 10.3. The van der Waals surface area contributed by atoms with Crippen LogP contribution in [0.1, 0.15) is 33.6 Å². The SMILES string of the molecule is CC(C)(O)C1=CC(=O)[C@](C)(O)CC1. The molecule has 74 valence electrons. The smallest absolute Gasteiger partial charge is 0.186 e. The predicted molar refractivity (Wildman–Crippen MR) is 49.2 cm³/mol. The summed E-state index contributed by atoms with van der Waals surface area (Å²) in [7, 11) is 0. The van der Waals surface area contributed by atoms with Gasteiger partial charge in [-0.2, -0.15) is 0 Å². The Kier molecular flexibility index (Phi) is 2.34. The molecule has 3 heteroatoms. The van der Waals surface area contributed by atoms with Gasteiger partial charge in [0, 0.05) is 0 Å². The fourth-order valence-electron chi connectivity index (χ4n) is 1.37. The summed E-state index contributed by atoms with van der Waals surface area (Å²) in [6.45, 7) is 4.80. The van der Waals surface area contributed by atoms with E-state index in [2.05, 4.69) is 0 Å². The first kappa shape index (κ1) is 10.4. The fourth-order valence-corrected chi connectivity index (χ4v) is 1.37. The van der Waals surface area contributed by atoms with Crippen molar-refractivity contribution < 1.29 is 15.0 Å². The average molecular weight is 184 g/mol. The van der Waals surface area contributed by atoms with E-state index in [9.17, 15) is 15.0 Å². The molecule has 0 aliphatic heterocycles. The van der Waals surface area contributed by atoms with Crippen LogP contribution in [0.2, 0.25) is 0 Å². The molecule has 3 nitrogen and oxygen atoms in total. The first-order chi connectivity index (χ1) is 5.73. The van der Waals surface area contributed by atoms with E-state index < -0.39 is 11.2 Å². The first-order valence-corrected chi connectivity index (χ1v) is 4.44. The third-order valence-corrected chi connectivity index (χ3v) is 2.50. The molecule has 1 atom stereocenters. The van der Waals surface area contributed by atoms with Gasteiger partial charge in [-0.3, -0.25) is 4.79 Å². The van der Waals surface area contributed by atoms with Gasteiger partial charge in [-0.15, -0.1) is 0 Å². The molecule has 1 aliphatic carbocycles. The Hall–Kier alpha value is -0.670. The molecule has 1 rings (SSSR count). The number of carbonyl (C=O) groups excluding carboxylic acids is 1. The van der Waals surface area contributed by atoms with Crippen LogP contribution in [0.3, 0.4) is 0 Å². The van der Waals surface area contributed by atoms with E-state index in [1.807, 2.05) is 0 Å². The minimum atomic E-state index is -1.24. The Labute approximate surface area is 78.1 Å². The maximum atomic E-state index is 11.3. The molecule has 0 heterocycles. The molecule has 0 aromatic carbocycles. The lowest BCUT2D eigenvalue weighted by atomic mass is 9.80. The predicted octanol–water partition coefficient (Wildman–Crippen LogP) is 0.798. The Bertz CT molecular complexity index is 256. The van der Waals surface area contributed by atoms with Gasteiger partial charge in [0.2, 0.25) is 0 Å². The third kappa shape index (κ3) is 2.17. The van der Waals surface area contributed by atoms with Gasteiger partial charge >= 0.3 is 0 Å². The molecule has 0 aromatic heterocycles. The van der Waals surface area contributed by atoms with Crippen LogP contribution < -0.4 is 0 Å². The topological polar surface area (TPSA) is 57.5 Å². The summed E-state index contributed by atoms with van der Waals surface area (Å²) in [4.78, 5) is 11.3. The monoisotopic (exact) mass is 184 g/mol. The normalized spacial score (nSPS) is 30.2. The van der Waals surface area contributed by atoms with Gasteiger partial charge in [-0.1, -0.05) is 0 Å². The van der Waals surface area contributed by atoms with Gasteiger partial charge < -0.3 is 10.2 Å². The molecule has 1 aliphatic rings. The van der Waals surface area contributed by atoms with Gasteiger partial charge in [-0.25, -0.2) is 0 Å². The quantitative estimate of drug-likeness (QED) is 0.633. The largest absolute Gasteiger partial charge is 0.386 e. The van der Waals surface area contributed by atoms with Gasteiger partial charge in [0.15, 0.2) is 5.78 Å². The van der Waals surface area contributed by atoms with Crippen molar-refractivity contribution in [3.05, 3.63) is 11.6 Å². The second-order valence-electron chi connectivity index (χ2n) is 4.37. The molecule has 0 spiro atoms.